The maximum Gasteiger partial charge on any atom is 0.340 e. The Hall–Kier alpha value is -3.24. The first-order valence-electron chi connectivity index (χ1n) is 9.48. The van der Waals surface area contributed by atoms with Gasteiger partial charge in [-0.2, -0.15) is 8.78 Å². The first kappa shape index (κ1) is 22.4. The van der Waals surface area contributed by atoms with Gasteiger partial charge in [0.05, 0.1) is 6.04 Å². The van der Waals surface area contributed by atoms with E-state index in [0.29, 0.717) is 5.56 Å². The van der Waals surface area contributed by atoms with E-state index in [1.54, 1.807) is 6.92 Å². The molecule has 166 valence electrons. The Morgan fingerprint density at radius 2 is 1.97 bits per heavy atom. The van der Waals surface area contributed by atoms with Crippen LogP contribution in [0, 0.1) is 5.92 Å². The van der Waals surface area contributed by atoms with E-state index in [2.05, 4.69) is 25.3 Å². The van der Waals surface area contributed by atoms with Crippen LogP contribution in [0.5, 0.6) is 5.88 Å². The SMILES string of the molecule is CC(NC(=O)c1ccnc(NC(=O)C2CC2)c1)c1ccc(OCC(F)(F)C(F)F)nc1. The molecular formula is C20H20F4N4O3. The summed E-state index contributed by atoms with van der Waals surface area (Å²) in [4.78, 5) is 32.2. The van der Waals surface area contributed by atoms with Gasteiger partial charge in [0, 0.05) is 29.9 Å². The number of alkyl halides is 4. The quantitative estimate of drug-likeness (QED) is 0.582. The standard InChI is InChI=1S/C20H20F4N4O3/c1-11(14-4-5-16(26-9-14)31-10-20(23,24)19(21)22)27-18(30)13-6-7-25-15(8-13)28-17(29)12-2-3-12/h4-9,11-12,19H,2-3,10H2,1H3,(H,27,30)(H,25,28,29). The van der Waals surface area contributed by atoms with Crippen LogP contribution in [0.2, 0.25) is 0 Å². The van der Waals surface area contributed by atoms with Gasteiger partial charge in [0.1, 0.15) is 5.82 Å². The molecule has 1 aliphatic carbocycles. The summed E-state index contributed by atoms with van der Waals surface area (Å²) >= 11 is 0. The summed E-state index contributed by atoms with van der Waals surface area (Å²) in [5.41, 5.74) is 0.827. The van der Waals surface area contributed by atoms with Crippen LogP contribution in [0.15, 0.2) is 36.7 Å². The second kappa shape index (κ2) is 9.27. The molecule has 2 aromatic heterocycles. The molecule has 31 heavy (non-hydrogen) atoms. The van der Waals surface area contributed by atoms with Crippen LogP contribution in [0.3, 0.4) is 0 Å². The summed E-state index contributed by atoms with van der Waals surface area (Å²) in [7, 11) is 0. The van der Waals surface area contributed by atoms with Crippen molar-refractivity contribution >= 4 is 17.6 Å². The summed E-state index contributed by atoms with van der Waals surface area (Å²) in [6.45, 7) is 0.183. The molecule has 0 bridgehead atoms. The Labute approximate surface area is 175 Å². The van der Waals surface area contributed by atoms with Crippen molar-refractivity contribution in [3.05, 3.63) is 47.8 Å². The summed E-state index contributed by atoms with van der Waals surface area (Å²) < 4.78 is 54.7. The van der Waals surface area contributed by atoms with Crippen molar-refractivity contribution in [2.45, 2.75) is 38.2 Å². The van der Waals surface area contributed by atoms with Crippen molar-refractivity contribution in [1.82, 2.24) is 15.3 Å². The molecule has 1 atom stereocenters. The number of hydrogen-bond donors (Lipinski definition) is 2. The van der Waals surface area contributed by atoms with E-state index >= 15 is 0 Å². The Balaban J connectivity index is 1.56. The second-order valence-corrected chi connectivity index (χ2v) is 7.17. The van der Waals surface area contributed by atoms with Crippen molar-refractivity contribution in [2.75, 3.05) is 11.9 Å². The fraction of sp³-hybridized carbons (Fsp3) is 0.400. The number of amides is 2. The van der Waals surface area contributed by atoms with Gasteiger partial charge in [-0.3, -0.25) is 9.59 Å². The first-order valence-corrected chi connectivity index (χ1v) is 9.48. The summed E-state index contributed by atoms with van der Waals surface area (Å²) in [6, 6.07) is 5.17. The monoisotopic (exact) mass is 440 g/mol. The molecule has 2 heterocycles. The van der Waals surface area contributed by atoms with Gasteiger partial charge in [-0.05, 0) is 37.5 Å². The van der Waals surface area contributed by atoms with Crippen LogP contribution >= 0.6 is 0 Å². The van der Waals surface area contributed by atoms with Crippen molar-refractivity contribution < 1.29 is 31.9 Å². The van der Waals surface area contributed by atoms with Crippen LogP contribution in [0.1, 0.15) is 41.7 Å². The first-order chi connectivity index (χ1) is 14.7. The molecule has 0 radical (unpaired) electrons. The van der Waals surface area contributed by atoms with Gasteiger partial charge >= 0.3 is 12.3 Å². The van der Waals surface area contributed by atoms with Gasteiger partial charge in [-0.25, -0.2) is 18.7 Å². The third-order valence-corrected chi connectivity index (χ3v) is 4.56. The van der Waals surface area contributed by atoms with Crippen LogP contribution in [0.25, 0.3) is 0 Å². The lowest BCUT2D eigenvalue weighted by Crippen LogP contribution is -2.33. The predicted molar refractivity (Wildman–Crippen MR) is 102 cm³/mol. The topological polar surface area (TPSA) is 93.2 Å². The smallest absolute Gasteiger partial charge is 0.340 e. The molecule has 1 fully saturated rings. The second-order valence-electron chi connectivity index (χ2n) is 7.17. The Morgan fingerprint density at radius 1 is 1.23 bits per heavy atom. The molecule has 3 rings (SSSR count). The number of nitrogens with one attached hydrogen (secondary N) is 2. The average Bonchev–Trinajstić information content (AvgIpc) is 3.58. The van der Waals surface area contributed by atoms with Gasteiger partial charge in [0.2, 0.25) is 11.8 Å². The van der Waals surface area contributed by atoms with Crippen LogP contribution < -0.4 is 15.4 Å². The molecule has 7 nitrogen and oxygen atoms in total. The molecule has 1 unspecified atom stereocenters. The van der Waals surface area contributed by atoms with Crippen molar-refractivity contribution in [1.29, 1.82) is 0 Å². The van der Waals surface area contributed by atoms with Gasteiger partial charge in [-0.15, -0.1) is 0 Å². The zero-order chi connectivity index (χ0) is 22.6. The largest absolute Gasteiger partial charge is 0.471 e. The highest BCUT2D eigenvalue weighted by Gasteiger charge is 2.41. The van der Waals surface area contributed by atoms with E-state index in [1.165, 1.54) is 36.7 Å². The third-order valence-electron chi connectivity index (χ3n) is 4.56. The third kappa shape index (κ3) is 6.12. The molecule has 0 saturated heterocycles. The van der Waals surface area contributed by atoms with Crippen molar-refractivity contribution in [3.8, 4) is 5.88 Å². The minimum Gasteiger partial charge on any atom is -0.471 e. The number of carbonyl (C=O) groups is 2. The van der Waals surface area contributed by atoms with Gasteiger partial charge in [-0.1, -0.05) is 6.07 Å². The molecule has 1 aliphatic rings. The highest BCUT2D eigenvalue weighted by Crippen LogP contribution is 2.30. The zero-order valence-corrected chi connectivity index (χ0v) is 16.4. The van der Waals surface area contributed by atoms with Crippen LogP contribution in [0.4, 0.5) is 23.4 Å². The summed E-state index contributed by atoms with van der Waals surface area (Å²) in [6.07, 6.45) is 0.545. The fourth-order valence-electron chi connectivity index (χ4n) is 2.54. The molecule has 2 amide bonds. The molecule has 2 aromatic rings. The van der Waals surface area contributed by atoms with E-state index in [4.69, 9.17) is 0 Å². The number of aromatic nitrogens is 2. The zero-order valence-electron chi connectivity index (χ0n) is 16.4. The molecule has 0 aliphatic heterocycles. The number of nitrogens with zero attached hydrogens (tertiary/aromatic N) is 2. The average molecular weight is 440 g/mol. The van der Waals surface area contributed by atoms with Crippen molar-refractivity contribution in [2.24, 2.45) is 5.92 Å². The lowest BCUT2D eigenvalue weighted by atomic mass is 10.1. The number of anilines is 1. The lowest BCUT2D eigenvalue weighted by Gasteiger charge is -2.17. The van der Waals surface area contributed by atoms with E-state index in [9.17, 15) is 27.2 Å². The molecule has 0 spiro atoms. The molecule has 2 N–H and O–H groups in total. The lowest BCUT2D eigenvalue weighted by molar-refractivity contribution is -0.148. The maximum atomic E-state index is 12.9. The van der Waals surface area contributed by atoms with Crippen molar-refractivity contribution in [3.63, 3.8) is 0 Å². The van der Waals surface area contributed by atoms with E-state index in [0.717, 1.165) is 12.8 Å². The molecule has 11 heteroatoms. The summed E-state index contributed by atoms with van der Waals surface area (Å²) in [5.74, 6) is -4.79. The maximum absolute atomic E-state index is 12.9. The predicted octanol–water partition coefficient (Wildman–Crippen LogP) is 3.60. The van der Waals surface area contributed by atoms with E-state index in [-0.39, 0.29) is 29.1 Å². The number of hydrogen-bond acceptors (Lipinski definition) is 5. The van der Waals surface area contributed by atoms with E-state index in [1.807, 2.05) is 0 Å². The van der Waals surface area contributed by atoms with Gasteiger partial charge < -0.3 is 15.4 Å². The number of carbonyl (C=O) groups excluding carboxylic acids is 2. The summed E-state index contributed by atoms with van der Waals surface area (Å²) in [5, 5.41) is 5.40. The minimum absolute atomic E-state index is 0.000331. The van der Waals surface area contributed by atoms with Gasteiger partial charge in [0.15, 0.2) is 6.61 Å². The molecule has 1 saturated carbocycles. The van der Waals surface area contributed by atoms with E-state index < -0.39 is 30.9 Å². The number of ether oxygens (including phenoxy) is 1. The molecular weight excluding hydrogens is 420 g/mol. The highest BCUT2D eigenvalue weighted by atomic mass is 19.3. The number of rotatable bonds is 9. The molecule has 0 aromatic carbocycles. The fourth-order valence-corrected chi connectivity index (χ4v) is 2.54. The Morgan fingerprint density at radius 3 is 2.58 bits per heavy atom. The Bertz CT molecular complexity index is 936. The van der Waals surface area contributed by atoms with Crippen LogP contribution in [-0.2, 0) is 4.79 Å². The minimum atomic E-state index is -4.27. The van der Waals surface area contributed by atoms with Crippen LogP contribution in [-0.4, -0.2) is 40.7 Å². The number of halogens is 4. The van der Waals surface area contributed by atoms with Gasteiger partial charge in [0.25, 0.3) is 5.91 Å². The normalized spacial score (nSPS) is 14.8. The number of pyridine rings is 2. The Kier molecular flexibility index (Phi) is 6.71. The highest BCUT2D eigenvalue weighted by molar-refractivity contribution is 5.97.